The third-order valence-electron chi connectivity index (χ3n) is 2.80. The molecule has 0 bridgehead atoms. The Labute approximate surface area is 120 Å². The number of hydrogen-bond donors (Lipinski definition) is 1. The van der Waals surface area contributed by atoms with Gasteiger partial charge in [0.1, 0.15) is 0 Å². The molecule has 1 aliphatic rings. The van der Waals surface area contributed by atoms with Crippen molar-refractivity contribution in [3.8, 4) is 0 Å². The monoisotopic (exact) mass is 462 g/mol. The second-order valence-electron chi connectivity index (χ2n) is 4.11. The summed E-state index contributed by atoms with van der Waals surface area (Å²) in [4.78, 5) is 10.9. The van der Waals surface area contributed by atoms with Crippen LogP contribution in [0.1, 0.15) is 13.8 Å². The maximum Gasteiger partial charge on any atom is 0.307 e. The van der Waals surface area contributed by atoms with Crippen LogP contribution in [-0.2, 0) is 4.79 Å². The number of rotatable bonds is 3. The molecule has 0 saturated heterocycles. The highest BCUT2D eigenvalue weighted by Crippen LogP contribution is 2.65. The summed E-state index contributed by atoms with van der Waals surface area (Å²) >= 11 is 16.0. The van der Waals surface area contributed by atoms with Crippen LogP contribution in [0, 0.1) is 17.3 Å². The van der Waals surface area contributed by atoms with Gasteiger partial charge in [-0.25, -0.2) is 0 Å². The Balaban J connectivity index is 2.79. The molecule has 3 atom stereocenters. The lowest BCUT2D eigenvalue weighted by Crippen LogP contribution is -2.23. The summed E-state index contributed by atoms with van der Waals surface area (Å²) in [6.45, 7) is 3.89. The van der Waals surface area contributed by atoms with Crippen molar-refractivity contribution in [2.45, 2.75) is 20.1 Å². The number of halogens is 4. The van der Waals surface area contributed by atoms with Gasteiger partial charge in [-0.05, 0) is 33.9 Å². The first-order valence-corrected chi connectivity index (χ1v) is 7.11. The number of carboxylic acid groups (broad SMARTS) is 1. The van der Waals surface area contributed by atoms with Crippen LogP contribution in [0.5, 0.6) is 0 Å². The van der Waals surface area contributed by atoms with Gasteiger partial charge in [0.25, 0.3) is 0 Å². The molecule has 14 heavy (non-hydrogen) atoms. The third-order valence-corrected chi connectivity index (χ3v) is 7.58. The second kappa shape index (κ2) is 4.07. The third kappa shape index (κ3) is 2.43. The van der Waals surface area contributed by atoms with E-state index in [1.165, 1.54) is 0 Å². The summed E-state index contributed by atoms with van der Waals surface area (Å²) in [7, 11) is 0. The van der Waals surface area contributed by atoms with Crippen molar-refractivity contribution < 1.29 is 9.90 Å². The van der Waals surface area contributed by atoms with E-state index in [9.17, 15) is 4.79 Å². The second-order valence-corrected chi connectivity index (χ2v) is 9.81. The molecule has 0 heterocycles. The van der Waals surface area contributed by atoms with Crippen molar-refractivity contribution in [3.05, 3.63) is 0 Å². The quantitative estimate of drug-likeness (QED) is 0.513. The number of hydrogen-bond acceptors (Lipinski definition) is 1. The lowest BCUT2D eigenvalue weighted by molar-refractivity contribution is -0.139. The van der Waals surface area contributed by atoms with Gasteiger partial charge in [-0.2, -0.15) is 0 Å². The zero-order valence-corrected chi connectivity index (χ0v) is 13.4. The Morgan fingerprint density at radius 1 is 1.57 bits per heavy atom. The maximum atomic E-state index is 10.9. The van der Waals surface area contributed by atoms with E-state index < -0.39 is 8.31 Å². The largest absolute Gasteiger partial charge is 0.481 e. The molecule has 0 aliphatic heterocycles. The first kappa shape index (κ1) is 13.6. The summed E-state index contributed by atoms with van der Waals surface area (Å²) in [5.41, 5.74) is -0.197. The fourth-order valence-electron chi connectivity index (χ4n) is 1.90. The molecule has 0 aromatic heterocycles. The molecule has 0 aromatic carbocycles. The number of carbonyl (C=O) groups is 1. The molecule has 0 amide bonds. The van der Waals surface area contributed by atoms with Crippen molar-refractivity contribution in [3.63, 3.8) is 0 Å². The van der Waals surface area contributed by atoms with Crippen LogP contribution in [0.4, 0.5) is 0 Å². The van der Waals surface area contributed by atoms with Gasteiger partial charge in [0.05, 0.1) is 9.84 Å². The summed E-state index contributed by atoms with van der Waals surface area (Å²) in [5, 5.41) is 8.98. The molecule has 2 nitrogen and oxygen atoms in total. The van der Waals surface area contributed by atoms with Crippen LogP contribution in [0.3, 0.4) is 0 Å². The van der Waals surface area contributed by atoms with Crippen molar-refractivity contribution >= 4 is 74.4 Å². The van der Waals surface area contributed by atoms with Crippen LogP contribution < -0.4 is 0 Å². The summed E-state index contributed by atoms with van der Waals surface area (Å²) in [6.07, 6.45) is 0. The molecular weight excluding hydrogens is 453 g/mol. The van der Waals surface area contributed by atoms with E-state index in [1.54, 1.807) is 0 Å². The van der Waals surface area contributed by atoms with E-state index in [-0.39, 0.29) is 21.2 Å². The first-order valence-electron chi connectivity index (χ1n) is 4.03. The van der Waals surface area contributed by atoms with Crippen molar-refractivity contribution in [2.24, 2.45) is 17.3 Å². The molecule has 0 aromatic rings. The zero-order valence-electron chi connectivity index (χ0n) is 7.60. The van der Waals surface area contributed by atoms with Gasteiger partial charge in [0.2, 0.25) is 0 Å². The number of alkyl halides is 4. The normalized spacial score (nSPS) is 32.4. The summed E-state index contributed by atoms with van der Waals surface area (Å²) < 4.78 is -0.954. The Bertz CT molecular complexity index is 263. The highest BCUT2D eigenvalue weighted by atomic mass is 127. The van der Waals surface area contributed by atoms with Gasteiger partial charge in [-0.15, -0.1) is 0 Å². The van der Waals surface area contributed by atoms with E-state index in [2.05, 4.69) is 22.6 Å². The SMILES string of the molecule is CC1(C)C(C(=O)O)C1C(I)C(Cl)(Cl)I. The van der Waals surface area contributed by atoms with Crippen LogP contribution >= 0.6 is 68.4 Å². The lowest BCUT2D eigenvalue weighted by atomic mass is 10.1. The fourth-order valence-corrected chi connectivity index (χ4v) is 3.90. The van der Waals surface area contributed by atoms with Gasteiger partial charge < -0.3 is 5.11 Å². The van der Waals surface area contributed by atoms with E-state index in [1.807, 2.05) is 36.4 Å². The molecule has 82 valence electrons. The van der Waals surface area contributed by atoms with Crippen LogP contribution in [0.2, 0.25) is 0 Å². The van der Waals surface area contributed by atoms with Gasteiger partial charge in [-0.1, -0.05) is 59.6 Å². The lowest BCUT2D eigenvalue weighted by Gasteiger charge is -2.20. The Kier molecular flexibility index (Phi) is 3.95. The zero-order chi connectivity index (χ0) is 11.3. The van der Waals surface area contributed by atoms with E-state index >= 15 is 0 Å². The molecule has 0 radical (unpaired) electrons. The highest BCUT2D eigenvalue weighted by Gasteiger charge is 2.67. The first-order chi connectivity index (χ1) is 6.10. The Hall–Kier alpha value is 1.51. The molecule has 1 saturated carbocycles. The predicted molar refractivity (Wildman–Crippen MR) is 74.7 cm³/mol. The van der Waals surface area contributed by atoms with Crippen molar-refractivity contribution in [1.29, 1.82) is 0 Å². The molecule has 1 rings (SSSR count). The van der Waals surface area contributed by atoms with E-state index in [0.717, 1.165) is 0 Å². The van der Waals surface area contributed by atoms with Crippen LogP contribution in [0.25, 0.3) is 0 Å². The minimum absolute atomic E-state index is 0.0486. The van der Waals surface area contributed by atoms with Gasteiger partial charge in [0.15, 0.2) is 2.34 Å². The number of aliphatic carboxylic acids is 1. The molecular formula is C8H10Cl2I2O2. The fraction of sp³-hybridized carbons (Fsp3) is 0.875. The summed E-state index contributed by atoms with van der Waals surface area (Å²) in [5.74, 6) is -1.03. The standard InChI is InChI=1S/C8H10Cl2I2O2/c1-7(2)3(4(7)6(13)14)5(11)8(9,10)12/h3-5H,1-2H3,(H,13,14). The smallest absolute Gasteiger partial charge is 0.307 e. The molecule has 1 fully saturated rings. The molecule has 0 spiro atoms. The molecule has 1 N–H and O–H groups in total. The van der Waals surface area contributed by atoms with Crippen LogP contribution in [-0.4, -0.2) is 17.3 Å². The maximum absolute atomic E-state index is 10.9. The Morgan fingerprint density at radius 3 is 2.21 bits per heavy atom. The minimum atomic E-state index is -0.898. The number of carboxylic acids is 1. The van der Waals surface area contributed by atoms with E-state index in [0.29, 0.717) is 0 Å². The van der Waals surface area contributed by atoms with Gasteiger partial charge in [0, 0.05) is 0 Å². The van der Waals surface area contributed by atoms with Crippen molar-refractivity contribution in [1.82, 2.24) is 0 Å². The van der Waals surface area contributed by atoms with Crippen LogP contribution in [0.15, 0.2) is 0 Å². The highest BCUT2D eigenvalue weighted by molar-refractivity contribution is 14.1. The van der Waals surface area contributed by atoms with E-state index in [4.69, 9.17) is 28.3 Å². The molecule has 3 unspecified atom stereocenters. The average molecular weight is 463 g/mol. The average Bonchev–Trinajstić information content (AvgIpc) is 2.49. The minimum Gasteiger partial charge on any atom is -0.481 e. The molecule has 6 heteroatoms. The van der Waals surface area contributed by atoms with Gasteiger partial charge >= 0.3 is 5.97 Å². The molecule has 1 aliphatic carbocycles. The Morgan fingerprint density at radius 2 is 2.00 bits per heavy atom. The van der Waals surface area contributed by atoms with Gasteiger partial charge in [-0.3, -0.25) is 4.79 Å². The topological polar surface area (TPSA) is 37.3 Å². The van der Waals surface area contributed by atoms with Crippen molar-refractivity contribution in [2.75, 3.05) is 0 Å². The summed E-state index contributed by atoms with van der Waals surface area (Å²) in [6, 6.07) is 0. The predicted octanol–water partition coefficient (Wildman–Crippen LogP) is 3.71.